The number of pyridine rings is 1. The molecule has 1 aromatic heterocycles. The van der Waals surface area contributed by atoms with Crippen LogP contribution in [0.3, 0.4) is 0 Å². The van der Waals surface area contributed by atoms with Crippen molar-refractivity contribution in [3.8, 4) is 0 Å². The minimum absolute atomic E-state index is 0.161. The lowest BCUT2D eigenvalue weighted by Crippen LogP contribution is -2.45. The number of nitrogens with zero attached hydrogens (tertiary/aromatic N) is 1. The van der Waals surface area contributed by atoms with Crippen molar-refractivity contribution >= 4 is 22.7 Å². The maximum atomic E-state index is 12.7. The fraction of sp³-hybridized carbons (Fsp3) is 0.320. The standard InChI is InChI=1S/C25H27N3O4/c1-15(2)22-12-18(19-5-3-4-6-21(19)26-22)11-16-7-9-17(10-8-16)24(29)27-23-14-32-13-20(23)25(30)28-31/h3-10,12,15,20,23,31H,11,13-14H2,1-2H3,(H,27,29)(H,28,30)/t20-,23+/m0/s1. The van der Waals surface area contributed by atoms with E-state index in [0.717, 1.165) is 28.6 Å². The number of carbonyl (C=O) groups excluding carboxylic acids is 2. The summed E-state index contributed by atoms with van der Waals surface area (Å²) in [7, 11) is 0. The Labute approximate surface area is 186 Å². The van der Waals surface area contributed by atoms with Crippen LogP contribution in [-0.4, -0.2) is 41.3 Å². The van der Waals surface area contributed by atoms with Gasteiger partial charge in [-0.3, -0.25) is 19.8 Å². The monoisotopic (exact) mass is 433 g/mol. The number of nitrogens with one attached hydrogen (secondary N) is 2. The van der Waals surface area contributed by atoms with Crippen molar-refractivity contribution < 1.29 is 19.5 Å². The van der Waals surface area contributed by atoms with Crippen molar-refractivity contribution in [2.24, 2.45) is 5.92 Å². The largest absolute Gasteiger partial charge is 0.378 e. The summed E-state index contributed by atoms with van der Waals surface area (Å²) in [5, 5.41) is 12.8. The van der Waals surface area contributed by atoms with Crippen LogP contribution in [0.1, 0.15) is 46.9 Å². The van der Waals surface area contributed by atoms with Crippen molar-refractivity contribution in [1.82, 2.24) is 15.8 Å². The van der Waals surface area contributed by atoms with Gasteiger partial charge in [-0.2, -0.15) is 0 Å². The first kappa shape index (κ1) is 21.9. The maximum absolute atomic E-state index is 12.7. The molecule has 32 heavy (non-hydrogen) atoms. The third-order valence-electron chi connectivity index (χ3n) is 5.87. The van der Waals surface area contributed by atoms with E-state index in [1.54, 1.807) is 17.6 Å². The Morgan fingerprint density at radius 3 is 2.59 bits per heavy atom. The van der Waals surface area contributed by atoms with Gasteiger partial charge in [-0.25, -0.2) is 5.48 Å². The molecule has 1 aliphatic heterocycles. The first-order chi connectivity index (χ1) is 15.5. The van der Waals surface area contributed by atoms with Crippen LogP contribution in [0.2, 0.25) is 0 Å². The van der Waals surface area contributed by atoms with Gasteiger partial charge in [0, 0.05) is 16.6 Å². The molecular weight excluding hydrogens is 406 g/mol. The summed E-state index contributed by atoms with van der Waals surface area (Å²) in [5.41, 5.74) is 6.49. The summed E-state index contributed by atoms with van der Waals surface area (Å²) in [6.45, 7) is 4.67. The molecule has 1 saturated heterocycles. The van der Waals surface area contributed by atoms with Gasteiger partial charge in [-0.05, 0) is 47.7 Å². The number of fused-ring (bicyclic) bond motifs is 1. The van der Waals surface area contributed by atoms with Crippen molar-refractivity contribution in [2.45, 2.75) is 32.2 Å². The average molecular weight is 434 g/mol. The van der Waals surface area contributed by atoms with Crippen LogP contribution >= 0.6 is 0 Å². The zero-order valence-corrected chi connectivity index (χ0v) is 18.2. The Morgan fingerprint density at radius 1 is 1.12 bits per heavy atom. The molecule has 3 aromatic rings. The number of aromatic nitrogens is 1. The predicted octanol–water partition coefficient (Wildman–Crippen LogP) is 3.20. The van der Waals surface area contributed by atoms with Crippen molar-refractivity contribution in [3.05, 3.63) is 77.0 Å². The summed E-state index contributed by atoms with van der Waals surface area (Å²) < 4.78 is 5.28. The molecule has 1 fully saturated rings. The molecule has 4 rings (SSSR count). The lowest BCUT2D eigenvalue weighted by molar-refractivity contribution is -0.133. The second kappa shape index (κ2) is 9.46. The van der Waals surface area contributed by atoms with Crippen molar-refractivity contribution in [1.29, 1.82) is 0 Å². The molecule has 0 unspecified atom stereocenters. The summed E-state index contributed by atoms with van der Waals surface area (Å²) in [6.07, 6.45) is 0.736. The highest BCUT2D eigenvalue weighted by molar-refractivity contribution is 5.95. The minimum Gasteiger partial charge on any atom is -0.378 e. The van der Waals surface area contributed by atoms with Gasteiger partial charge >= 0.3 is 0 Å². The molecule has 2 aromatic carbocycles. The molecule has 166 valence electrons. The summed E-state index contributed by atoms with van der Waals surface area (Å²) in [4.78, 5) is 29.2. The molecule has 1 aliphatic rings. The van der Waals surface area contributed by atoms with E-state index in [-0.39, 0.29) is 19.1 Å². The third-order valence-corrected chi connectivity index (χ3v) is 5.87. The van der Waals surface area contributed by atoms with Gasteiger partial charge in [0.2, 0.25) is 0 Å². The Morgan fingerprint density at radius 2 is 1.88 bits per heavy atom. The Hall–Kier alpha value is -3.29. The van der Waals surface area contributed by atoms with Gasteiger partial charge in [-0.1, -0.05) is 44.2 Å². The summed E-state index contributed by atoms with van der Waals surface area (Å²) in [6, 6.07) is 17.3. The third kappa shape index (κ3) is 4.64. The number of para-hydroxylation sites is 1. The topological polar surface area (TPSA) is 101 Å². The minimum atomic E-state index is -0.613. The van der Waals surface area contributed by atoms with Gasteiger partial charge in [0.25, 0.3) is 11.8 Å². The molecule has 0 aliphatic carbocycles. The van der Waals surface area contributed by atoms with Crippen LogP contribution in [0.15, 0.2) is 54.6 Å². The number of carbonyl (C=O) groups is 2. The highest BCUT2D eigenvalue weighted by Crippen LogP contribution is 2.25. The van der Waals surface area contributed by atoms with E-state index in [9.17, 15) is 9.59 Å². The molecule has 7 heteroatoms. The van der Waals surface area contributed by atoms with E-state index in [2.05, 4.69) is 31.3 Å². The fourth-order valence-electron chi connectivity index (χ4n) is 4.00. The maximum Gasteiger partial charge on any atom is 0.251 e. The van der Waals surface area contributed by atoms with Crippen LogP contribution in [0.25, 0.3) is 10.9 Å². The SMILES string of the molecule is CC(C)c1cc(Cc2ccc(C(=O)N[C@@H]3COC[C@@H]3C(=O)NO)cc2)c2ccccc2n1. The zero-order chi connectivity index (χ0) is 22.7. The van der Waals surface area contributed by atoms with E-state index in [4.69, 9.17) is 14.9 Å². The number of ether oxygens (including phenoxy) is 1. The Kier molecular flexibility index (Phi) is 6.48. The molecular formula is C25H27N3O4. The van der Waals surface area contributed by atoms with Crippen LogP contribution in [-0.2, 0) is 16.0 Å². The Bertz CT molecular complexity index is 1130. The molecule has 7 nitrogen and oxygen atoms in total. The summed E-state index contributed by atoms with van der Waals surface area (Å²) in [5.74, 6) is -1.12. The fourth-order valence-corrected chi connectivity index (χ4v) is 4.00. The second-order valence-corrected chi connectivity index (χ2v) is 8.45. The van der Waals surface area contributed by atoms with E-state index in [1.165, 1.54) is 5.56 Å². The van der Waals surface area contributed by atoms with Gasteiger partial charge in [0.15, 0.2) is 0 Å². The average Bonchev–Trinajstić information content (AvgIpc) is 3.27. The van der Waals surface area contributed by atoms with Crippen LogP contribution in [0.4, 0.5) is 0 Å². The smallest absolute Gasteiger partial charge is 0.251 e. The Balaban J connectivity index is 1.50. The molecule has 2 atom stereocenters. The van der Waals surface area contributed by atoms with Crippen LogP contribution < -0.4 is 10.8 Å². The van der Waals surface area contributed by atoms with E-state index >= 15 is 0 Å². The number of hydrogen-bond acceptors (Lipinski definition) is 5. The van der Waals surface area contributed by atoms with Crippen molar-refractivity contribution in [3.63, 3.8) is 0 Å². The first-order valence-corrected chi connectivity index (χ1v) is 10.8. The molecule has 3 N–H and O–H groups in total. The lowest BCUT2D eigenvalue weighted by Gasteiger charge is -2.17. The van der Waals surface area contributed by atoms with Gasteiger partial charge in [0.05, 0.1) is 30.7 Å². The number of hydrogen-bond donors (Lipinski definition) is 3. The quantitative estimate of drug-likeness (QED) is 0.409. The van der Waals surface area contributed by atoms with Gasteiger partial charge in [-0.15, -0.1) is 0 Å². The van der Waals surface area contributed by atoms with Crippen molar-refractivity contribution in [2.75, 3.05) is 13.2 Å². The first-order valence-electron chi connectivity index (χ1n) is 10.8. The van der Waals surface area contributed by atoms with E-state index in [0.29, 0.717) is 11.5 Å². The highest BCUT2D eigenvalue weighted by atomic mass is 16.5. The highest BCUT2D eigenvalue weighted by Gasteiger charge is 2.35. The molecule has 0 bridgehead atoms. The van der Waals surface area contributed by atoms with Crippen LogP contribution in [0, 0.1) is 5.92 Å². The molecule has 2 amide bonds. The molecule has 0 saturated carbocycles. The molecule has 2 heterocycles. The van der Waals surface area contributed by atoms with Gasteiger partial charge in [0.1, 0.15) is 0 Å². The number of amides is 2. The number of rotatable bonds is 6. The number of hydroxylamine groups is 1. The van der Waals surface area contributed by atoms with Gasteiger partial charge < -0.3 is 10.1 Å². The number of benzene rings is 2. The predicted molar refractivity (Wildman–Crippen MR) is 121 cm³/mol. The van der Waals surface area contributed by atoms with E-state index in [1.807, 2.05) is 30.3 Å². The molecule has 0 radical (unpaired) electrons. The lowest BCUT2D eigenvalue weighted by atomic mass is 9.97. The van der Waals surface area contributed by atoms with Crippen LogP contribution in [0.5, 0.6) is 0 Å². The summed E-state index contributed by atoms with van der Waals surface area (Å²) >= 11 is 0. The molecule has 0 spiro atoms. The normalized spacial score (nSPS) is 18.1. The zero-order valence-electron chi connectivity index (χ0n) is 18.2. The second-order valence-electron chi connectivity index (χ2n) is 8.45. The van der Waals surface area contributed by atoms with E-state index < -0.39 is 17.9 Å².